The van der Waals surface area contributed by atoms with Gasteiger partial charge in [0.15, 0.2) is 4.32 Å². The van der Waals surface area contributed by atoms with Gasteiger partial charge in [-0.15, -0.1) is 0 Å². The van der Waals surface area contributed by atoms with E-state index in [2.05, 4.69) is 0 Å². The molecule has 8 heteroatoms. The lowest BCUT2D eigenvalue weighted by atomic mass is 10.1. The van der Waals surface area contributed by atoms with Crippen molar-refractivity contribution in [3.05, 3.63) is 70.8 Å². The Bertz CT molecular complexity index is 1150. The van der Waals surface area contributed by atoms with E-state index in [9.17, 15) is 18.0 Å². The number of carbonyl (C=O) groups excluding carboxylic acids is 1. The summed E-state index contributed by atoms with van der Waals surface area (Å²) in [6, 6.07) is 12.4. The summed E-state index contributed by atoms with van der Waals surface area (Å²) in [5, 5.41) is 0.981. The molecular weight excluding hydrogens is 405 g/mol. The van der Waals surface area contributed by atoms with Gasteiger partial charge in [-0.05, 0) is 30.3 Å². The number of thioether (sulfide) groups is 1. The van der Waals surface area contributed by atoms with E-state index >= 15 is 0 Å². The van der Waals surface area contributed by atoms with Crippen molar-refractivity contribution in [2.24, 2.45) is 7.05 Å². The number of para-hydroxylation sites is 1. The summed E-state index contributed by atoms with van der Waals surface area (Å²) in [6.45, 7) is 0. The zero-order chi connectivity index (χ0) is 20.1. The molecule has 0 N–H and O–H groups in total. The van der Waals surface area contributed by atoms with E-state index in [0.717, 1.165) is 45.3 Å². The van der Waals surface area contributed by atoms with Gasteiger partial charge in [-0.25, -0.2) is 0 Å². The van der Waals surface area contributed by atoms with Gasteiger partial charge in [-0.2, -0.15) is 13.2 Å². The molecule has 1 aliphatic heterocycles. The van der Waals surface area contributed by atoms with Crippen LogP contribution in [-0.4, -0.2) is 14.8 Å². The van der Waals surface area contributed by atoms with Crippen LogP contribution in [-0.2, 0) is 18.0 Å². The fourth-order valence-electron chi connectivity index (χ4n) is 3.14. The number of halogens is 3. The molecule has 142 valence electrons. The topological polar surface area (TPSA) is 25.2 Å². The molecule has 1 aliphatic rings. The van der Waals surface area contributed by atoms with E-state index in [1.807, 2.05) is 42.1 Å². The quantitative estimate of drug-likeness (QED) is 0.400. The molecule has 3 aromatic rings. The molecule has 1 aromatic heterocycles. The smallest absolute Gasteiger partial charge is 0.350 e. The van der Waals surface area contributed by atoms with Crippen molar-refractivity contribution in [2.45, 2.75) is 6.18 Å². The lowest BCUT2D eigenvalue weighted by Gasteiger charge is -2.16. The Morgan fingerprint density at radius 1 is 1.11 bits per heavy atom. The summed E-state index contributed by atoms with van der Waals surface area (Å²) in [6.07, 6.45) is -0.855. The first kappa shape index (κ1) is 18.8. The van der Waals surface area contributed by atoms with Crippen molar-refractivity contribution in [1.29, 1.82) is 0 Å². The number of aryl methyl sites for hydroxylation is 1. The third-order valence-electron chi connectivity index (χ3n) is 4.44. The van der Waals surface area contributed by atoms with Gasteiger partial charge in [-0.1, -0.05) is 48.2 Å². The van der Waals surface area contributed by atoms with Crippen LogP contribution in [0, 0.1) is 0 Å². The average molecular weight is 418 g/mol. The molecule has 0 saturated carbocycles. The minimum absolute atomic E-state index is 0.110. The van der Waals surface area contributed by atoms with Crippen molar-refractivity contribution in [3.63, 3.8) is 0 Å². The third kappa shape index (κ3) is 3.22. The highest BCUT2D eigenvalue weighted by Gasteiger charge is 2.36. The van der Waals surface area contributed by atoms with Crippen LogP contribution in [0.2, 0.25) is 0 Å². The van der Waals surface area contributed by atoms with Gasteiger partial charge in [0.25, 0.3) is 5.91 Å². The molecule has 1 fully saturated rings. The van der Waals surface area contributed by atoms with Gasteiger partial charge < -0.3 is 4.57 Å². The second kappa shape index (κ2) is 6.79. The summed E-state index contributed by atoms with van der Waals surface area (Å²) in [5.74, 6) is -0.428. The normalized spacial score (nSPS) is 16.6. The molecule has 1 amide bonds. The molecule has 0 unspecified atom stereocenters. The van der Waals surface area contributed by atoms with Crippen molar-refractivity contribution in [2.75, 3.05) is 4.90 Å². The number of alkyl halides is 3. The molecule has 3 nitrogen and oxygen atoms in total. The highest BCUT2D eigenvalue weighted by molar-refractivity contribution is 8.27. The SMILES string of the molecule is Cn1cc(C=C2SC(=S)N(c3cccc(C(F)(F)F)c3)C2=O)c2ccccc21. The Labute approximate surface area is 168 Å². The van der Waals surface area contributed by atoms with E-state index in [1.165, 1.54) is 12.1 Å². The number of rotatable bonds is 2. The number of benzene rings is 2. The summed E-state index contributed by atoms with van der Waals surface area (Å²) in [5.41, 5.74) is 1.15. The Hall–Kier alpha value is -2.58. The van der Waals surface area contributed by atoms with Gasteiger partial charge in [0.1, 0.15) is 0 Å². The van der Waals surface area contributed by atoms with Crippen molar-refractivity contribution < 1.29 is 18.0 Å². The van der Waals surface area contributed by atoms with Gasteiger partial charge >= 0.3 is 6.18 Å². The number of carbonyl (C=O) groups is 1. The molecule has 0 atom stereocenters. The first-order valence-electron chi connectivity index (χ1n) is 8.25. The maximum atomic E-state index is 13.0. The summed E-state index contributed by atoms with van der Waals surface area (Å²) in [4.78, 5) is 14.4. The lowest BCUT2D eigenvalue weighted by molar-refractivity contribution is -0.137. The maximum absolute atomic E-state index is 13.0. The summed E-state index contributed by atoms with van der Waals surface area (Å²) >= 11 is 6.35. The number of nitrogens with zero attached hydrogens (tertiary/aromatic N) is 2. The van der Waals surface area contributed by atoms with Crippen LogP contribution in [0.15, 0.2) is 59.6 Å². The Balaban J connectivity index is 1.73. The van der Waals surface area contributed by atoms with Gasteiger partial charge in [-0.3, -0.25) is 9.69 Å². The Morgan fingerprint density at radius 3 is 2.61 bits per heavy atom. The van der Waals surface area contributed by atoms with E-state index in [-0.39, 0.29) is 10.0 Å². The fraction of sp³-hybridized carbons (Fsp3) is 0.100. The van der Waals surface area contributed by atoms with Crippen LogP contribution in [0.1, 0.15) is 11.1 Å². The molecule has 2 aromatic carbocycles. The zero-order valence-corrected chi connectivity index (χ0v) is 16.2. The molecule has 0 bridgehead atoms. The number of amides is 1. The van der Waals surface area contributed by atoms with E-state index in [1.54, 1.807) is 6.08 Å². The van der Waals surface area contributed by atoms with Crippen LogP contribution >= 0.6 is 24.0 Å². The standard InChI is InChI=1S/C20H13F3N2OS2/c1-24-11-12(15-7-2-3-8-16(15)24)9-17-18(26)25(19(27)28-17)14-6-4-5-13(10-14)20(21,22)23/h2-11H,1H3. The molecule has 28 heavy (non-hydrogen) atoms. The number of thiocarbonyl (C=S) groups is 1. The predicted molar refractivity (Wildman–Crippen MR) is 110 cm³/mol. The minimum Gasteiger partial charge on any atom is -0.350 e. The Kier molecular flexibility index (Phi) is 4.55. The summed E-state index contributed by atoms with van der Waals surface area (Å²) < 4.78 is 41.2. The van der Waals surface area contributed by atoms with Crippen LogP contribution in [0.25, 0.3) is 17.0 Å². The highest BCUT2D eigenvalue weighted by Crippen LogP contribution is 2.39. The van der Waals surface area contributed by atoms with Crippen LogP contribution in [0.5, 0.6) is 0 Å². The zero-order valence-electron chi connectivity index (χ0n) is 14.5. The first-order chi connectivity index (χ1) is 13.3. The molecule has 0 spiro atoms. The highest BCUT2D eigenvalue weighted by atomic mass is 32.2. The number of hydrogen-bond acceptors (Lipinski definition) is 3. The van der Waals surface area contributed by atoms with E-state index in [4.69, 9.17) is 12.2 Å². The van der Waals surface area contributed by atoms with Gasteiger partial charge in [0.2, 0.25) is 0 Å². The maximum Gasteiger partial charge on any atom is 0.416 e. The van der Waals surface area contributed by atoms with Gasteiger partial charge in [0, 0.05) is 29.7 Å². The summed E-state index contributed by atoms with van der Waals surface area (Å²) in [7, 11) is 1.91. The predicted octanol–water partition coefficient (Wildman–Crippen LogP) is 5.60. The van der Waals surface area contributed by atoms with Crippen LogP contribution in [0.4, 0.5) is 18.9 Å². The average Bonchev–Trinajstić information content (AvgIpc) is 3.11. The second-order valence-corrected chi connectivity index (χ2v) is 7.95. The lowest BCUT2D eigenvalue weighted by Crippen LogP contribution is -2.27. The fourth-order valence-corrected chi connectivity index (χ4v) is 4.43. The van der Waals surface area contributed by atoms with Crippen molar-refractivity contribution in [1.82, 2.24) is 4.57 Å². The number of aromatic nitrogens is 1. The number of hydrogen-bond donors (Lipinski definition) is 0. The van der Waals surface area contributed by atoms with Gasteiger partial charge in [0.05, 0.1) is 16.2 Å². The molecule has 4 rings (SSSR count). The van der Waals surface area contributed by atoms with E-state index < -0.39 is 17.6 Å². The third-order valence-corrected chi connectivity index (χ3v) is 5.74. The van der Waals surface area contributed by atoms with Crippen LogP contribution in [0.3, 0.4) is 0 Å². The number of fused-ring (bicyclic) bond motifs is 1. The molecular formula is C20H13F3N2OS2. The number of anilines is 1. The van der Waals surface area contributed by atoms with Crippen molar-refractivity contribution in [3.8, 4) is 0 Å². The second-order valence-electron chi connectivity index (χ2n) is 6.28. The molecule has 0 aliphatic carbocycles. The molecule has 1 saturated heterocycles. The monoisotopic (exact) mass is 418 g/mol. The molecule has 0 radical (unpaired) electrons. The largest absolute Gasteiger partial charge is 0.416 e. The van der Waals surface area contributed by atoms with Crippen molar-refractivity contribution >= 4 is 56.9 Å². The van der Waals surface area contributed by atoms with Crippen LogP contribution < -0.4 is 4.90 Å². The molecule has 2 heterocycles. The minimum atomic E-state index is -4.49. The first-order valence-corrected chi connectivity index (χ1v) is 9.47. The Morgan fingerprint density at radius 2 is 1.86 bits per heavy atom. The van der Waals surface area contributed by atoms with E-state index in [0.29, 0.717) is 4.91 Å².